The van der Waals surface area contributed by atoms with Crippen molar-refractivity contribution in [2.45, 2.75) is 70.0 Å². The van der Waals surface area contributed by atoms with Gasteiger partial charge < -0.3 is 19.5 Å². The predicted octanol–water partition coefficient (Wildman–Crippen LogP) is 6.31. The van der Waals surface area contributed by atoms with E-state index in [1.54, 1.807) is 12.0 Å². The average Bonchev–Trinajstić information content (AvgIpc) is 3.44. The smallest absolute Gasteiger partial charge is 0.318 e. The highest BCUT2D eigenvalue weighted by Gasteiger charge is 2.52. The lowest BCUT2D eigenvalue weighted by molar-refractivity contribution is -0.120. The summed E-state index contributed by atoms with van der Waals surface area (Å²) >= 11 is 0. The van der Waals surface area contributed by atoms with E-state index < -0.39 is 0 Å². The summed E-state index contributed by atoms with van der Waals surface area (Å²) in [6, 6.07) is 19.5. The van der Waals surface area contributed by atoms with Crippen LogP contribution in [0.5, 0.6) is 5.75 Å². The Balaban J connectivity index is 1.20. The van der Waals surface area contributed by atoms with E-state index in [1.807, 2.05) is 79.5 Å². The number of ether oxygens (including phenoxy) is 1. The Morgan fingerprint density at radius 2 is 1.56 bits per heavy atom. The molecular formula is C34H40N4O3. The lowest BCUT2D eigenvalue weighted by atomic mass is 9.53. The molecule has 0 radical (unpaired) electrons. The zero-order chi connectivity index (χ0) is 28.3. The summed E-state index contributed by atoms with van der Waals surface area (Å²) in [6.45, 7) is 4.02. The number of nitrogens with one attached hydrogen (secondary N) is 1. The third-order valence-electron chi connectivity index (χ3n) is 10.0. The molecule has 3 amide bonds. The average molecular weight is 553 g/mol. The van der Waals surface area contributed by atoms with Crippen LogP contribution in [0.2, 0.25) is 0 Å². The maximum absolute atomic E-state index is 14.5. The fourth-order valence-corrected chi connectivity index (χ4v) is 8.64. The van der Waals surface area contributed by atoms with Crippen LogP contribution in [-0.2, 0) is 4.79 Å². The first kappa shape index (κ1) is 26.2. The topological polar surface area (TPSA) is 66.8 Å². The Bertz CT molecular complexity index is 1420. The Morgan fingerprint density at radius 3 is 2.17 bits per heavy atom. The van der Waals surface area contributed by atoms with E-state index in [4.69, 9.17) is 4.74 Å². The molecule has 1 aliphatic heterocycles. The van der Waals surface area contributed by atoms with Gasteiger partial charge in [0.1, 0.15) is 18.3 Å². The fraction of sp³-hybridized carbons (Fsp3) is 0.471. The first-order valence-corrected chi connectivity index (χ1v) is 15.2. The molecule has 2 aromatic carbocycles. The zero-order valence-electron chi connectivity index (χ0n) is 24.3. The molecule has 3 aromatic rings. The summed E-state index contributed by atoms with van der Waals surface area (Å²) in [5, 5.41) is 3.50. The molecule has 214 valence electrons. The number of carbonyl (C=O) groups excluding carboxylic acids is 2. The molecule has 2 heterocycles. The number of aromatic nitrogens is 1. The van der Waals surface area contributed by atoms with Crippen molar-refractivity contribution in [3.05, 3.63) is 78.1 Å². The van der Waals surface area contributed by atoms with Crippen molar-refractivity contribution in [2.75, 3.05) is 18.6 Å². The second-order valence-electron chi connectivity index (χ2n) is 13.1. The lowest BCUT2D eigenvalue weighted by Gasteiger charge is -2.57. The van der Waals surface area contributed by atoms with E-state index in [1.165, 1.54) is 19.3 Å². The normalized spacial score (nSPS) is 27.4. The first-order chi connectivity index (χ1) is 19.8. The van der Waals surface area contributed by atoms with Gasteiger partial charge in [0.15, 0.2) is 0 Å². The Hall–Kier alpha value is -3.74. The molecule has 41 heavy (non-hydrogen) atoms. The first-order valence-electron chi connectivity index (χ1n) is 15.2. The minimum absolute atomic E-state index is 0.0115. The van der Waals surface area contributed by atoms with Gasteiger partial charge in [0.2, 0.25) is 5.91 Å². The van der Waals surface area contributed by atoms with Gasteiger partial charge in [-0.25, -0.2) is 4.79 Å². The predicted molar refractivity (Wildman–Crippen MR) is 159 cm³/mol. The number of hydrogen-bond acceptors (Lipinski definition) is 3. The molecule has 8 rings (SSSR count). The van der Waals surface area contributed by atoms with E-state index in [2.05, 4.69) is 16.0 Å². The van der Waals surface area contributed by atoms with Crippen LogP contribution in [0.15, 0.2) is 66.9 Å². The van der Waals surface area contributed by atoms with Crippen LogP contribution in [0, 0.1) is 17.8 Å². The highest BCUT2D eigenvalue weighted by atomic mass is 16.5. The number of para-hydroxylation sites is 2. The third kappa shape index (κ3) is 4.50. The van der Waals surface area contributed by atoms with E-state index in [-0.39, 0.29) is 36.1 Å². The van der Waals surface area contributed by atoms with Crippen LogP contribution >= 0.6 is 0 Å². The number of nitrogens with zero attached hydrogens (tertiary/aromatic N) is 3. The standard InChI is InChI=1S/C34H40N4O3/c1-22(2)37(33(40)35-34-18-23-15-24(19-34)17-25(16-23)20-34)21-31(39)38-29-8-5-4-7-28(29)36-14-6-9-30(36)32(38)26-10-12-27(41-3)13-11-26/h4-14,22-25,32H,15-21H2,1-3H3,(H,35,40). The minimum Gasteiger partial charge on any atom is -0.497 e. The van der Waals surface area contributed by atoms with Gasteiger partial charge in [-0.3, -0.25) is 9.69 Å². The number of methoxy groups -OCH3 is 1. The molecule has 7 nitrogen and oxygen atoms in total. The van der Waals surface area contributed by atoms with Gasteiger partial charge in [-0.2, -0.15) is 0 Å². The van der Waals surface area contributed by atoms with Crippen molar-refractivity contribution in [1.82, 2.24) is 14.8 Å². The molecule has 1 atom stereocenters. The van der Waals surface area contributed by atoms with Gasteiger partial charge in [-0.15, -0.1) is 0 Å². The molecule has 4 saturated carbocycles. The Kier molecular flexibility index (Phi) is 6.36. The van der Waals surface area contributed by atoms with Gasteiger partial charge in [-0.05, 0) is 112 Å². The van der Waals surface area contributed by atoms with Crippen molar-refractivity contribution >= 4 is 17.6 Å². The molecule has 0 spiro atoms. The summed E-state index contributed by atoms with van der Waals surface area (Å²) in [6.07, 6.45) is 9.27. The highest BCUT2D eigenvalue weighted by molar-refractivity contribution is 6.00. The van der Waals surface area contributed by atoms with Crippen LogP contribution in [0.3, 0.4) is 0 Å². The molecule has 4 bridgehead atoms. The van der Waals surface area contributed by atoms with E-state index in [0.29, 0.717) is 0 Å². The summed E-state index contributed by atoms with van der Waals surface area (Å²) in [5.41, 5.74) is 3.69. The molecule has 1 N–H and O–H groups in total. The van der Waals surface area contributed by atoms with Crippen molar-refractivity contribution in [3.8, 4) is 11.4 Å². The lowest BCUT2D eigenvalue weighted by Crippen LogP contribution is -2.63. The highest BCUT2D eigenvalue weighted by Crippen LogP contribution is 2.55. The number of urea groups is 1. The largest absolute Gasteiger partial charge is 0.497 e. The van der Waals surface area contributed by atoms with Crippen molar-refractivity contribution in [3.63, 3.8) is 0 Å². The Morgan fingerprint density at radius 1 is 0.927 bits per heavy atom. The van der Waals surface area contributed by atoms with Crippen LogP contribution in [0.25, 0.3) is 5.69 Å². The summed E-state index contributed by atoms with van der Waals surface area (Å²) in [7, 11) is 1.65. The van der Waals surface area contributed by atoms with E-state index in [0.717, 1.165) is 65.4 Å². The van der Waals surface area contributed by atoms with Crippen LogP contribution in [-0.4, -0.2) is 46.6 Å². The van der Waals surface area contributed by atoms with Crippen LogP contribution in [0.4, 0.5) is 10.5 Å². The molecule has 4 aliphatic carbocycles. The molecule has 4 fully saturated rings. The van der Waals surface area contributed by atoms with E-state index in [9.17, 15) is 9.59 Å². The molecule has 1 aromatic heterocycles. The SMILES string of the molecule is COc1ccc(C2c3cccn3-c3ccccc3N2C(=O)CN(C(=O)NC23CC4CC(CC(C4)C2)C3)C(C)C)cc1. The summed E-state index contributed by atoms with van der Waals surface area (Å²) < 4.78 is 7.57. The van der Waals surface area contributed by atoms with Crippen molar-refractivity contribution in [1.29, 1.82) is 0 Å². The molecular weight excluding hydrogens is 512 g/mol. The number of hydrogen-bond donors (Lipinski definition) is 1. The van der Waals surface area contributed by atoms with Gasteiger partial charge in [0.05, 0.1) is 24.2 Å². The Labute approximate surface area is 242 Å². The number of rotatable bonds is 6. The maximum Gasteiger partial charge on any atom is 0.318 e. The number of anilines is 1. The van der Waals surface area contributed by atoms with Gasteiger partial charge in [0, 0.05) is 17.8 Å². The number of benzene rings is 2. The van der Waals surface area contributed by atoms with Gasteiger partial charge >= 0.3 is 6.03 Å². The number of amides is 3. The van der Waals surface area contributed by atoms with Crippen molar-refractivity contribution < 1.29 is 14.3 Å². The maximum atomic E-state index is 14.5. The third-order valence-corrected chi connectivity index (χ3v) is 10.0. The molecule has 5 aliphatic rings. The molecule has 7 heteroatoms. The van der Waals surface area contributed by atoms with Gasteiger partial charge in [0.25, 0.3) is 0 Å². The number of fused-ring (bicyclic) bond motifs is 3. The van der Waals surface area contributed by atoms with Gasteiger partial charge in [-0.1, -0.05) is 24.3 Å². The zero-order valence-corrected chi connectivity index (χ0v) is 24.3. The van der Waals surface area contributed by atoms with E-state index >= 15 is 0 Å². The minimum atomic E-state index is -0.335. The fourth-order valence-electron chi connectivity index (χ4n) is 8.64. The van der Waals surface area contributed by atoms with Crippen LogP contribution in [0.1, 0.15) is 69.7 Å². The second kappa shape index (κ2) is 9.97. The van der Waals surface area contributed by atoms with Crippen molar-refractivity contribution in [2.24, 2.45) is 17.8 Å². The second-order valence-corrected chi connectivity index (χ2v) is 13.1. The number of carbonyl (C=O) groups is 2. The molecule has 0 saturated heterocycles. The molecule has 1 unspecified atom stereocenters. The quantitative estimate of drug-likeness (QED) is 0.390. The summed E-state index contributed by atoms with van der Waals surface area (Å²) in [4.78, 5) is 32.0. The monoisotopic (exact) mass is 552 g/mol. The summed E-state index contributed by atoms with van der Waals surface area (Å²) in [5.74, 6) is 2.89. The van der Waals surface area contributed by atoms with Crippen LogP contribution < -0.4 is 15.0 Å².